The highest BCUT2D eigenvalue weighted by Gasteiger charge is 2.22. The number of halogens is 1. The molecular formula is C17H18BrN3. The number of benzene rings is 2. The number of rotatable bonds is 3. The van der Waals surface area contributed by atoms with Crippen LogP contribution in [0.2, 0.25) is 0 Å². The highest BCUT2D eigenvalue weighted by atomic mass is 79.9. The number of fused-ring (bicyclic) bond motifs is 1. The van der Waals surface area contributed by atoms with Gasteiger partial charge in [-0.3, -0.25) is 0 Å². The van der Waals surface area contributed by atoms with Crippen LogP contribution in [-0.2, 0) is 0 Å². The van der Waals surface area contributed by atoms with Gasteiger partial charge in [-0.2, -0.15) is 0 Å². The van der Waals surface area contributed by atoms with E-state index in [9.17, 15) is 0 Å². The Bertz CT molecular complexity index is 762. The van der Waals surface area contributed by atoms with Crippen molar-refractivity contribution in [2.45, 2.75) is 19.9 Å². The summed E-state index contributed by atoms with van der Waals surface area (Å²) in [5.74, 6) is 0.969. The molecule has 0 aliphatic carbocycles. The molecule has 1 heterocycles. The molecule has 0 bridgehead atoms. The van der Waals surface area contributed by atoms with Crippen LogP contribution in [0.4, 0.5) is 5.95 Å². The second-order valence-electron chi connectivity index (χ2n) is 5.57. The SMILES string of the molecule is CC(C)C(c1ccccc1)n1c(N)nc2ccc(Br)cc21. The van der Waals surface area contributed by atoms with Gasteiger partial charge in [0.1, 0.15) is 0 Å². The summed E-state index contributed by atoms with van der Waals surface area (Å²) in [6.07, 6.45) is 0. The molecule has 1 atom stereocenters. The highest BCUT2D eigenvalue weighted by Crippen LogP contribution is 2.33. The minimum Gasteiger partial charge on any atom is -0.369 e. The maximum atomic E-state index is 6.22. The van der Waals surface area contributed by atoms with Crippen LogP contribution in [0.25, 0.3) is 11.0 Å². The van der Waals surface area contributed by atoms with Crippen molar-refractivity contribution in [1.82, 2.24) is 9.55 Å². The molecule has 108 valence electrons. The van der Waals surface area contributed by atoms with E-state index < -0.39 is 0 Å². The zero-order chi connectivity index (χ0) is 15.0. The molecule has 0 aliphatic rings. The summed E-state index contributed by atoms with van der Waals surface area (Å²) in [4.78, 5) is 4.50. The maximum absolute atomic E-state index is 6.22. The lowest BCUT2D eigenvalue weighted by Crippen LogP contribution is -2.18. The highest BCUT2D eigenvalue weighted by molar-refractivity contribution is 9.10. The van der Waals surface area contributed by atoms with Crippen LogP contribution in [0, 0.1) is 5.92 Å². The second-order valence-corrected chi connectivity index (χ2v) is 6.49. The number of hydrogen-bond donors (Lipinski definition) is 1. The Labute approximate surface area is 132 Å². The third-order valence-electron chi connectivity index (χ3n) is 3.73. The lowest BCUT2D eigenvalue weighted by molar-refractivity contribution is 0.450. The zero-order valence-electron chi connectivity index (χ0n) is 12.1. The molecule has 21 heavy (non-hydrogen) atoms. The van der Waals surface area contributed by atoms with Crippen molar-refractivity contribution in [3.05, 3.63) is 58.6 Å². The summed E-state index contributed by atoms with van der Waals surface area (Å²) in [5.41, 5.74) is 9.45. The van der Waals surface area contributed by atoms with E-state index in [2.05, 4.69) is 69.7 Å². The van der Waals surface area contributed by atoms with Crippen LogP contribution in [0.1, 0.15) is 25.5 Å². The van der Waals surface area contributed by atoms with Gasteiger partial charge in [-0.05, 0) is 29.7 Å². The molecule has 0 aliphatic heterocycles. The van der Waals surface area contributed by atoms with Gasteiger partial charge in [0.2, 0.25) is 5.95 Å². The Hall–Kier alpha value is -1.81. The standard InChI is InChI=1S/C17H18BrN3/c1-11(2)16(12-6-4-3-5-7-12)21-15-10-13(18)8-9-14(15)20-17(21)19/h3-11,16H,1-2H3,(H2,19,20). The van der Waals surface area contributed by atoms with Crippen molar-refractivity contribution < 1.29 is 0 Å². The van der Waals surface area contributed by atoms with Crippen molar-refractivity contribution in [2.75, 3.05) is 5.73 Å². The first kappa shape index (κ1) is 14.1. The fraction of sp³-hybridized carbons (Fsp3) is 0.235. The summed E-state index contributed by atoms with van der Waals surface area (Å²) < 4.78 is 3.17. The van der Waals surface area contributed by atoms with Crippen LogP contribution in [0.5, 0.6) is 0 Å². The van der Waals surface area contributed by atoms with Crippen molar-refractivity contribution in [1.29, 1.82) is 0 Å². The van der Waals surface area contributed by atoms with E-state index in [1.165, 1.54) is 5.56 Å². The van der Waals surface area contributed by atoms with Gasteiger partial charge in [0.15, 0.2) is 0 Å². The first-order chi connectivity index (χ1) is 10.1. The summed E-state index contributed by atoms with van der Waals surface area (Å²) >= 11 is 3.54. The molecule has 3 nitrogen and oxygen atoms in total. The quantitative estimate of drug-likeness (QED) is 0.753. The Morgan fingerprint density at radius 2 is 1.81 bits per heavy atom. The number of imidazole rings is 1. The van der Waals surface area contributed by atoms with Crippen molar-refractivity contribution in [2.24, 2.45) is 5.92 Å². The van der Waals surface area contributed by atoms with E-state index in [0.29, 0.717) is 11.9 Å². The number of aromatic nitrogens is 2. The van der Waals surface area contributed by atoms with Gasteiger partial charge in [-0.1, -0.05) is 60.1 Å². The van der Waals surface area contributed by atoms with E-state index in [1.807, 2.05) is 18.2 Å². The number of hydrogen-bond acceptors (Lipinski definition) is 2. The van der Waals surface area contributed by atoms with Crippen LogP contribution in [-0.4, -0.2) is 9.55 Å². The van der Waals surface area contributed by atoms with Crippen molar-refractivity contribution >= 4 is 32.9 Å². The maximum Gasteiger partial charge on any atom is 0.201 e. The summed E-state index contributed by atoms with van der Waals surface area (Å²) in [6, 6.07) is 16.7. The molecule has 0 spiro atoms. The Morgan fingerprint density at radius 3 is 2.48 bits per heavy atom. The number of nitrogens with two attached hydrogens (primary N) is 1. The third kappa shape index (κ3) is 2.56. The molecule has 0 fully saturated rings. The molecule has 4 heteroatoms. The molecule has 1 aromatic heterocycles. The topological polar surface area (TPSA) is 43.8 Å². The minimum atomic E-state index is 0.172. The van der Waals surface area contributed by atoms with Gasteiger partial charge in [0.05, 0.1) is 17.1 Å². The Kier molecular flexibility index (Phi) is 3.72. The van der Waals surface area contributed by atoms with Gasteiger partial charge >= 0.3 is 0 Å². The molecule has 2 aromatic carbocycles. The molecule has 3 rings (SSSR count). The number of nitrogens with zero attached hydrogens (tertiary/aromatic N) is 2. The Morgan fingerprint density at radius 1 is 1.10 bits per heavy atom. The van der Waals surface area contributed by atoms with Gasteiger partial charge in [-0.25, -0.2) is 4.98 Å². The van der Waals surface area contributed by atoms with Crippen molar-refractivity contribution in [3.63, 3.8) is 0 Å². The predicted molar refractivity (Wildman–Crippen MR) is 91.3 cm³/mol. The normalized spacial score (nSPS) is 13.0. The largest absolute Gasteiger partial charge is 0.369 e. The van der Waals surface area contributed by atoms with Crippen molar-refractivity contribution in [3.8, 4) is 0 Å². The van der Waals surface area contributed by atoms with Gasteiger partial charge in [0, 0.05) is 4.47 Å². The predicted octanol–water partition coefficient (Wildman–Crippen LogP) is 4.63. The van der Waals surface area contributed by atoms with Crippen LogP contribution < -0.4 is 5.73 Å². The lowest BCUT2D eigenvalue weighted by Gasteiger charge is -2.25. The smallest absolute Gasteiger partial charge is 0.201 e. The molecular weight excluding hydrogens is 326 g/mol. The fourth-order valence-corrected chi connectivity index (χ4v) is 3.21. The van der Waals surface area contributed by atoms with Gasteiger partial charge in [0.25, 0.3) is 0 Å². The molecule has 0 saturated carbocycles. The van der Waals surface area contributed by atoms with E-state index in [1.54, 1.807) is 0 Å². The van der Waals surface area contributed by atoms with E-state index in [0.717, 1.165) is 15.5 Å². The summed E-state index contributed by atoms with van der Waals surface area (Å²) in [6.45, 7) is 4.42. The first-order valence-corrected chi connectivity index (χ1v) is 7.85. The first-order valence-electron chi connectivity index (χ1n) is 7.06. The summed E-state index contributed by atoms with van der Waals surface area (Å²) in [7, 11) is 0. The fourth-order valence-electron chi connectivity index (χ4n) is 2.86. The van der Waals surface area contributed by atoms with Crippen LogP contribution in [0.15, 0.2) is 53.0 Å². The van der Waals surface area contributed by atoms with Gasteiger partial charge < -0.3 is 10.3 Å². The molecule has 0 saturated heterocycles. The monoisotopic (exact) mass is 343 g/mol. The lowest BCUT2D eigenvalue weighted by atomic mass is 9.95. The summed E-state index contributed by atoms with van der Waals surface area (Å²) in [5, 5.41) is 0. The zero-order valence-corrected chi connectivity index (χ0v) is 13.7. The molecule has 0 amide bonds. The Balaban J connectivity index is 2.25. The van der Waals surface area contributed by atoms with E-state index >= 15 is 0 Å². The number of anilines is 1. The molecule has 3 aromatic rings. The molecule has 0 radical (unpaired) electrons. The molecule has 2 N–H and O–H groups in total. The van der Waals surface area contributed by atoms with Gasteiger partial charge in [-0.15, -0.1) is 0 Å². The second kappa shape index (κ2) is 5.53. The van der Waals surface area contributed by atoms with E-state index in [4.69, 9.17) is 5.73 Å². The van der Waals surface area contributed by atoms with Crippen LogP contribution >= 0.6 is 15.9 Å². The van der Waals surface area contributed by atoms with E-state index in [-0.39, 0.29) is 6.04 Å². The van der Waals surface area contributed by atoms with Crippen LogP contribution in [0.3, 0.4) is 0 Å². The number of nitrogen functional groups attached to an aromatic ring is 1. The average molecular weight is 344 g/mol. The third-order valence-corrected chi connectivity index (χ3v) is 4.22. The average Bonchev–Trinajstić information content (AvgIpc) is 2.77. The minimum absolute atomic E-state index is 0.172. The molecule has 1 unspecified atom stereocenters.